The molecule has 144 valence electrons. The lowest BCUT2D eigenvalue weighted by Gasteiger charge is -2.43. The minimum Gasteiger partial charge on any atom is -0.381 e. The molecule has 1 fully saturated rings. The molecule has 2 N–H and O–H groups in total. The lowest BCUT2D eigenvalue weighted by molar-refractivity contribution is -0.00502. The summed E-state index contributed by atoms with van der Waals surface area (Å²) in [5.41, 5.74) is 0.163. The fourth-order valence-electron chi connectivity index (χ4n) is 3.11. The molecule has 1 saturated heterocycles. The van der Waals surface area contributed by atoms with E-state index in [9.17, 15) is 0 Å². The zero-order valence-corrected chi connectivity index (χ0v) is 18.9. The van der Waals surface area contributed by atoms with Gasteiger partial charge in [-0.05, 0) is 46.2 Å². The minimum atomic E-state index is 0. The van der Waals surface area contributed by atoms with E-state index in [-0.39, 0.29) is 29.5 Å². The molecule has 1 atom stereocenters. The van der Waals surface area contributed by atoms with Crippen LogP contribution in [0.15, 0.2) is 4.99 Å². The lowest BCUT2D eigenvalue weighted by atomic mass is 9.88. The first-order valence-electron chi connectivity index (χ1n) is 9.12. The highest BCUT2D eigenvalue weighted by molar-refractivity contribution is 14.0. The Morgan fingerprint density at radius 1 is 1.17 bits per heavy atom. The molecule has 1 aliphatic rings. The molecule has 0 radical (unpaired) electrons. The summed E-state index contributed by atoms with van der Waals surface area (Å²) in [6, 6.07) is 0.449. The summed E-state index contributed by atoms with van der Waals surface area (Å²) in [4.78, 5) is 6.73. The normalized spacial score (nSPS) is 19.1. The third-order valence-corrected chi connectivity index (χ3v) is 4.98. The van der Waals surface area contributed by atoms with E-state index in [0.717, 1.165) is 44.5 Å². The Kier molecular flexibility index (Phi) is 12.3. The molecule has 0 aromatic carbocycles. The van der Waals surface area contributed by atoms with Crippen molar-refractivity contribution in [3.05, 3.63) is 0 Å². The number of halogens is 1. The number of nitrogens with one attached hydrogen (secondary N) is 2. The van der Waals surface area contributed by atoms with Gasteiger partial charge < -0.3 is 20.3 Å². The Morgan fingerprint density at radius 2 is 1.79 bits per heavy atom. The summed E-state index contributed by atoms with van der Waals surface area (Å²) in [5.74, 6) is 1.70. The van der Waals surface area contributed by atoms with Crippen molar-refractivity contribution >= 4 is 29.9 Å². The van der Waals surface area contributed by atoms with E-state index >= 15 is 0 Å². The predicted molar refractivity (Wildman–Crippen MR) is 115 cm³/mol. The molecule has 0 amide bonds. The van der Waals surface area contributed by atoms with Crippen LogP contribution in [0.1, 0.15) is 52.9 Å². The molecular formula is C18H39IN4O. The maximum Gasteiger partial charge on any atom is 0.191 e. The van der Waals surface area contributed by atoms with Crippen LogP contribution in [-0.4, -0.2) is 63.3 Å². The van der Waals surface area contributed by atoms with Crippen LogP contribution in [-0.2, 0) is 4.74 Å². The fourth-order valence-corrected chi connectivity index (χ4v) is 3.11. The number of hydrogen-bond donors (Lipinski definition) is 2. The summed E-state index contributed by atoms with van der Waals surface area (Å²) in [6.45, 7) is 9.40. The quantitative estimate of drug-likeness (QED) is 0.336. The van der Waals surface area contributed by atoms with Gasteiger partial charge in [0.2, 0.25) is 0 Å². The zero-order chi connectivity index (χ0) is 17.3. The maximum atomic E-state index is 5.54. The number of ether oxygens (including phenoxy) is 1. The van der Waals surface area contributed by atoms with E-state index in [2.05, 4.69) is 55.4 Å². The minimum absolute atomic E-state index is 0. The number of aliphatic imine (C=N–C) groups is 1. The zero-order valence-electron chi connectivity index (χ0n) is 16.5. The first kappa shape index (κ1) is 23.9. The second-order valence-corrected chi connectivity index (χ2v) is 7.53. The summed E-state index contributed by atoms with van der Waals surface area (Å²) in [6.07, 6.45) is 5.87. The Bertz CT molecular complexity index is 355. The summed E-state index contributed by atoms with van der Waals surface area (Å²) < 4.78 is 5.54. The fraction of sp³-hybridized carbons (Fsp3) is 0.944. The van der Waals surface area contributed by atoms with Crippen LogP contribution in [0.4, 0.5) is 0 Å². The lowest BCUT2D eigenvalue weighted by Crippen LogP contribution is -2.57. The van der Waals surface area contributed by atoms with Crippen molar-refractivity contribution in [3.63, 3.8) is 0 Å². The van der Waals surface area contributed by atoms with Crippen LogP contribution >= 0.6 is 24.0 Å². The van der Waals surface area contributed by atoms with Gasteiger partial charge in [-0.1, -0.05) is 26.7 Å². The maximum absolute atomic E-state index is 5.54. The molecule has 0 bridgehead atoms. The average molecular weight is 454 g/mol. The first-order chi connectivity index (χ1) is 10.9. The van der Waals surface area contributed by atoms with E-state index in [0.29, 0.717) is 6.04 Å². The van der Waals surface area contributed by atoms with E-state index in [1.165, 1.54) is 19.3 Å². The standard InChI is InChI=1S/C18H38N4O.HI/c1-15(2)8-7-9-16(3)21-17(19-4)20-14-18(22(5)6)10-12-23-13-11-18;/h15-16H,7-14H2,1-6H3,(H2,19,20,21);1H. The Morgan fingerprint density at radius 3 is 2.29 bits per heavy atom. The highest BCUT2D eigenvalue weighted by atomic mass is 127. The van der Waals surface area contributed by atoms with Crippen molar-refractivity contribution in [2.45, 2.75) is 64.5 Å². The van der Waals surface area contributed by atoms with Crippen LogP contribution in [0.2, 0.25) is 0 Å². The van der Waals surface area contributed by atoms with Crippen LogP contribution < -0.4 is 10.6 Å². The summed E-state index contributed by atoms with van der Waals surface area (Å²) in [7, 11) is 6.18. The van der Waals surface area contributed by atoms with Gasteiger partial charge in [-0.3, -0.25) is 4.99 Å². The molecule has 0 aromatic heterocycles. The van der Waals surface area contributed by atoms with Gasteiger partial charge in [0.25, 0.3) is 0 Å². The van der Waals surface area contributed by atoms with Gasteiger partial charge in [0, 0.05) is 38.4 Å². The molecule has 5 nitrogen and oxygen atoms in total. The average Bonchev–Trinajstić information content (AvgIpc) is 2.51. The predicted octanol–water partition coefficient (Wildman–Crippen LogP) is 3.10. The van der Waals surface area contributed by atoms with Crippen molar-refractivity contribution in [2.75, 3.05) is 40.9 Å². The molecule has 0 spiro atoms. The highest BCUT2D eigenvalue weighted by Crippen LogP contribution is 2.25. The second kappa shape index (κ2) is 12.3. The van der Waals surface area contributed by atoms with Crippen molar-refractivity contribution in [3.8, 4) is 0 Å². The highest BCUT2D eigenvalue weighted by Gasteiger charge is 2.34. The van der Waals surface area contributed by atoms with E-state index < -0.39 is 0 Å². The number of hydrogen-bond acceptors (Lipinski definition) is 3. The van der Waals surface area contributed by atoms with Crippen molar-refractivity contribution < 1.29 is 4.74 Å². The molecule has 1 heterocycles. The van der Waals surface area contributed by atoms with Gasteiger partial charge >= 0.3 is 0 Å². The molecule has 0 aromatic rings. The molecule has 0 saturated carbocycles. The number of rotatable bonds is 8. The molecule has 1 rings (SSSR count). The molecule has 0 aliphatic carbocycles. The molecule has 1 aliphatic heterocycles. The van der Waals surface area contributed by atoms with Crippen LogP contribution in [0.25, 0.3) is 0 Å². The van der Waals surface area contributed by atoms with Gasteiger partial charge in [-0.15, -0.1) is 24.0 Å². The van der Waals surface area contributed by atoms with Crippen LogP contribution in [0.5, 0.6) is 0 Å². The van der Waals surface area contributed by atoms with Crippen molar-refractivity contribution in [1.82, 2.24) is 15.5 Å². The first-order valence-corrected chi connectivity index (χ1v) is 9.12. The van der Waals surface area contributed by atoms with Crippen molar-refractivity contribution in [1.29, 1.82) is 0 Å². The molecule has 24 heavy (non-hydrogen) atoms. The molecule has 6 heteroatoms. The number of nitrogens with zero attached hydrogens (tertiary/aromatic N) is 2. The van der Waals surface area contributed by atoms with Gasteiger partial charge in [0.05, 0.1) is 0 Å². The number of likely N-dealkylation sites (N-methyl/N-ethyl adjacent to an activating group) is 1. The molecular weight excluding hydrogens is 415 g/mol. The summed E-state index contributed by atoms with van der Waals surface area (Å²) in [5, 5.41) is 7.06. The van der Waals surface area contributed by atoms with Crippen molar-refractivity contribution in [2.24, 2.45) is 10.9 Å². The van der Waals surface area contributed by atoms with Crippen LogP contribution in [0, 0.1) is 5.92 Å². The SMILES string of the molecule is CN=C(NCC1(N(C)C)CCOCC1)NC(C)CCCC(C)C.I. The largest absolute Gasteiger partial charge is 0.381 e. The van der Waals surface area contributed by atoms with Gasteiger partial charge in [0.1, 0.15) is 0 Å². The second-order valence-electron chi connectivity index (χ2n) is 7.53. The Labute approximate surface area is 166 Å². The topological polar surface area (TPSA) is 48.9 Å². The smallest absolute Gasteiger partial charge is 0.191 e. The van der Waals surface area contributed by atoms with E-state index in [1.807, 2.05) is 7.05 Å². The Hall–Kier alpha value is -0.0800. The van der Waals surface area contributed by atoms with E-state index in [4.69, 9.17) is 4.74 Å². The van der Waals surface area contributed by atoms with Gasteiger partial charge in [0.15, 0.2) is 5.96 Å². The van der Waals surface area contributed by atoms with E-state index in [1.54, 1.807) is 0 Å². The number of guanidine groups is 1. The molecule has 1 unspecified atom stereocenters. The monoisotopic (exact) mass is 454 g/mol. The third kappa shape index (κ3) is 8.34. The van der Waals surface area contributed by atoms with Gasteiger partial charge in [-0.25, -0.2) is 0 Å². The van der Waals surface area contributed by atoms with Crippen LogP contribution in [0.3, 0.4) is 0 Å². The Balaban J connectivity index is 0.00000529. The summed E-state index contributed by atoms with van der Waals surface area (Å²) >= 11 is 0. The third-order valence-electron chi connectivity index (χ3n) is 4.98. The van der Waals surface area contributed by atoms with Gasteiger partial charge in [-0.2, -0.15) is 0 Å².